The second-order valence-corrected chi connectivity index (χ2v) is 4.04. The zero-order valence-corrected chi connectivity index (χ0v) is 9.55. The fourth-order valence-corrected chi connectivity index (χ4v) is 1.49. The van der Waals surface area contributed by atoms with Crippen molar-refractivity contribution in [1.82, 2.24) is 4.90 Å². The van der Waals surface area contributed by atoms with Crippen LogP contribution in [-0.4, -0.2) is 35.5 Å². The number of halogens is 1. The van der Waals surface area contributed by atoms with Crippen molar-refractivity contribution >= 4 is 22.0 Å². The molecular formula is C9H16BrNO2. The SMILES string of the molecule is CC(CBr)OC(=O)N1CCCCC1. The molecule has 0 bridgehead atoms. The molecule has 0 aromatic carbocycles. The average Bonchev–Trinajstić information content (AvgIpc) is 2.19. The highest BCUT2D eigenvalue weighted by atomic mass is 79.9. The molecule has 0 N–H and O–H groups in total. The first-order valence-electron chi connectivity index (χ1n) is 4.75. The van der Waals surface area contributed by atoms with Gasteiger partial charge in [0.25, 0.3) is 0 Å². The minimum atomic E-state index is -0.161. The normalized spacial score (nSPS) is 19.7. The van der Waals surface area contributed by atoms with Gasteiger partial charge in [-0.15, -0.1) is 0 Å². The number of carbonyl (C=O) groups excluding carboxylic acids is 1. The molecule has 1 aliphatic heterocycles. The predicted octanol–water partition coefficient (Wildman–Crippen LogP) is 2.39. The number of carbonyl (C=O) groups is 1. The van der Waals surface area contributed by atoms with Crippen molar-refractivity contribution in [3.63, 3.8) is 0 Å². The summed E-state index contributed by atoms with van der Waals surface area (Å²) in [5.74, 6) is 0. The molecule has 0 aromatic heterocycles. The van der Waals surface area contributed by atoms with Crippen LogP contribution in [0.5, 0.6) is 0 Å². The van der Waals surface area contributed by atoms with Crippen LogP contribution in [0.3, 0.4) is 0 Å². The van der Waals surface area contributed by atoms with Gasteiger partial charge in [0.15, 0.2) is 0 Å². The summed E-state index contributed by atoms with van der Waals surface area (Å²) in [5, 5.41) is 0.701. The summed E-state index contributed by atoms with van der Waals surface area (Å²) in [5.41, 5.74) is 0. The number of ether oxygens (including phenoxy) is 1. The van der Waals surface area contributed by atoms with E-state index in [0.29, 0.717) is 5.33 Å². The van der Waals surface area contributed by atoms with Crippen LogP contribution < -0.4 is 0 Å². The lowest BCUT2D eigenvalue weighted by molar-refractivity contribution is 0.0730. The maximum absolute atomic E-state index is 11.5. The van der Waals surface area contributed by atoms with E-state index in [2.05, 4.69) is 15.9 Å². The molecule has 1 aliphatic rings. The quantitative estimate of drug-likeness (QED) is 0.704. The van der Waals surface area contributed by atoms with E-state index in [-0.39, 0.29) is 12.2 Å². The molecular weight excluding hydrogens is 234 g/mol. The number of piperidine rings is 1. The number of amides is 1. The van der Waals surface area contributed by atoms with Gasteiger partial charge in [0.05, 0.1) is 0 Å². The lowest BCUT2D eigenvalue weighted by Gasteiger charge is -2.26. The van der Waals surface area contributed by atoms with Crippen LogP contribution >= 0.6 is 15.9 Å². The Bertz CT molecular complexity index is 169. The summed E-state index contributed by atoms with van der Waals surface area (Å²) in [4.78, 5) is 13.2. The molecule has 1 rings (SSSR count). The third-order valence-corrected chi connectivity index (χ3v) is 3.05. The van der Waals surface area contributed by atoms with E-state index in [0.717, 1.165) is 25.9 Å². The van der Waals surface area contributed by atoms with E-state index in [1.165, 1.54) is 6.42 Å². The molecule has 0 aromatic rings. The summed E-state index contributed by atoms with van der Waals surface area (Å²) in [6.07, 6.45) is 3.26. The Labute approximate surface area is 87.6 Å². The van der Waals surface area contributed by atoms with Crippen LogP contribution in [0.2, 0.25) is 0 Å². The highest BCUT2D eigenvalue weighted by Gasteiger charge is 2.19. The van der Waals surface area contributed by atoms with Crippen molar-refractivity contribution in [1.29, 1.82) is 0 Å². The average molecular weight is 250 g/mol. The van der Waals surface area contributed by atoms with Crippen molar-refractivity contribution in [2.24, 2.45) is 0 Å². The molecule has 1 atom stereocenters. The molecule has 13 heavy (non-hydrogen) atoms. The van der Waals surface area contributed by atoms with Crippen LogP contribution in [0.4, 0.5) is 4.79 Å². The van der Waals surface area contributed by atoms with Crippen molar-refractivity contribution in [3.8, 4) is 0 Å². The Morgan fingerprint density at radius 1 is 1.46 bits per heavy atom. The molecule has 1 saturated heterocycles. The molecule has 1 heterocycles. The van der Waals surface area contributed by atoms with Gasteiger partial charge in [-0.1, -0.05) is 15.9 Å². The topological polar surface area (TPSA) is 29.5 Å². The highest BCUT2D eigenvalue weighted by molar-refractivity contribution is 9.09. The molecule has 0 radical (unpaired) electrons. The Balaban J connectivity index is 2.29. The van der Waals surface area contributed by atoms with Gasteiger partial charge in [-0.25, -0.2) is 4.79 Å². The van der Waals surface area contributed by atoms with Gasteiger partial charge in [-0.05, 0) is 26.2 Å². The van der Waals surface area contributed by atoms with Gasteiger partial charge in [0, 0.05) is 18.4 Å². The van der Waals surface area contributed by atoms with E-state index >= 15 is 0 Å². The van der Waals surface area contributed by atoms with Crippen LogP contribution in [0.1, 0.15) is 26.2 Å². The lowest BCUT2D eigenvalue weighted by Crippen LogP contribution is -2.37. The van der Waals surface area contributed by atoms with Gasteiger partial charge >= 0.3 is 6.09 Å². The Morgan fingerprint density at radius 3 is 2.62 bits per heavy atom. The van der Waals surface area contributed by atoms with Crippen molar-refractivity contribution in [3.05, 3.63) is 0 Å². The Kier molecular flexibility index (Phi) is 4.56. The van der Waals surface area contributed by atoms with Crippen molar-refractivity contribution in [2.75, 3.05) is 18.4 Å². The lowest BCUT2D eigenvalue weighted by atomic mass is 10.1. The third-order valence-electron chi connectivity index (χ3n) is 2.13. The Morgan fingerprint density at radius 2 is 2.08 bits per heavy atom. The second-order valence-electron chi connectivity index (χ2n) is 3.40. The van der Waals surface area contributed by atoms with Crippen molar-refractivity contribution in [2.45, 2.75) is 32.3 Å². The minimum absolute atomic E-state index is 0.0329. The first kappa shape index (κ1) is 10.8. The number of likely N-dealkylation sites (tertiary alicyclic amines) is 1. The van der Waals surface area contributed by atoms with E-state index in [1.54, 1.807) is 4.90 Å². The molecule has 0 spiro atoms. The molecule has 0 saturated carbocycles. The van der Waals surface area contributed by atoms with Crippen LogP contribution in [0.25, 0.3) is 0 Å². The predicted molar refractivity (Wildman–Crippen MR) is 55.2 cm³/mol. The number of hydrogen-bond donors (Lipinski definition) is 0. The first-order valence-corrected chi connectivity index (χ1v) is 5.87. The second kappa shape index (κ2) is 5.47. The maximum atomic E-state index is 11.5. The zero-order chi connectivity index (χ0) is 9.68. The highest BCUT2D eigenvalue weighted by Crippen LogP contribution is 2.11. The molecule has 76 valence electrons. The molecule has 0 aliphatic carbocycles. The van der Waals surface area contributed by atoms with Gasteiger partial charge in [-0.3, -0.25) is 0 Å². The maximum Gasteiger partial charge on any atom is 0.410 e. The first-order chi connectivity index (χ1) is 6.24. The number of alkyl halides is 1. The zero-order valence-electron chi connectivity index (χ0n) is 7.96. The summed E-state index contributed by atoms with van der Waals surface area (Å²) < 4.78 is 5.18. The van der Waals surface area contributed by atoms with E-state index in [4.69, 9.17) is 4.74 Å². The standard InChI is InChI=1S/C9H16BrNO2/c1-8(7-10)13-9(12)11-5-3-2-4-6-11/h8H,2-7H2,1H3. The summed E-state index contributed by atoms with van der Waals surface area (Å²) >= 11 is 3.27. The van der Waals surface area contributed by atoms with E-state index < -0.39 is 0 Å². The number of rotatable bonds is 2. The van der Waals surface area contributed by atoms with Crippen LogP contribution in [-0.2, 0) is 4.74 Å². The summed E-state index contributed by atoms with van der Waals surface area (Å²) in [7, 11) is 0. The van der Waals surface area contributed by atoms with E-state index in [1.807, 2.05) is 6.92 Å². The van der Waals surface area contributed by atoms with Gasteiger partial charge in [0.2, 0.25) is 0 Å². The minimum Gasteiger partial charge on any atom is -0.446 e. The molecule has 1 amide bonds. The molecule has 1 fully saturated rings. The third kappa shape index (κ3) is 3.55. The summed E-state index contributed by atoms with van der Waals surface area (Å²) in [6.45, 7) is 3.60. The van der Waals surface area contributed by atoms with Crippen LogP contribution in [0.15, 0.2) is 0 Å². The van der Waals surface area contributed by atoms with Gasteiger partial charge < -0.3 is 9.64 Å². The van der Waals surface area contributed by atoms with Crippen molar-refractivity contribution < 1.29 is 9.53 Å². The summed E-state index contributed by atoms with van der Waals surface area (Å²) in [6, 6.07) is 0. The molecule has 3 nitrogen and oxygen atoms in total. The number of nitrogens with zero attached hydrogens (tertiary/aromatic N) is 1. The monoisotopic (exact) mass is 249 g/mol. The Hall–Kier alpha value is -0.250. The smallest absolute Gasteiger partial charge is 0.410 e. The van der Waals surface area contributed by atoms with Gasteiger partial charge in [-0.2, -0.15) is 0 Å². The largest absolute Gasteiger partial charge is 0.446 e. The molecule has 1 unspecified atom stereocenters. The number of hydrogen-bond acceptors (Lipinski definition) is 2. The van der Waals surface area contributed by atoms with Gasteiger partial charge in [0.1, 0.15) is 6.10 Å². The fraction of sp³-hybridized carbons (Fsp3) is 0.889. The fourth-order valence-electron chi connectivity index (χ4n) is 1.35. The molecule has 4 heteroatoms. The van der Waals surface area contributed by atoms with Crippen LogP contribution in [0, 0.1) is 0 Å². The van der Waals surface area contributed by atoms with E-state index in [9.17, 15) is 4.79 Å².